The Labute approximate surface area is 157 Å². The maximum Gasteiger partial charge on any atom is 0.142 e. The van der Waals surface area contributed by atoms with E-state index in [9.17, 15) is 9.90 Å². The van der Waals surface area contributed by atoms with Crippen molar-refractivity contribution in [1.29, 1.82) is 0 Å². The first-order valence-corrected chi connectivity index (χ1v) is 9.53. The van der Waals surface area contributed by atoms with Crippen molar-refractivity contribution in [3.63, 3.8) is 0 Å². The van der Waals surface area contributed by atoms with Crippen LogP contribution in [0.1, 0.15) is 77.0 Å². The molecule has 0 radical (unpaired) electrons. The second kappa shape index (κ2) is 6.10. The van der Waals surface area contributed by atoms with Crippen LogP contribution >= 0.6 is 0 Å². The Morgan fingerprint density at radius 3 is 2.35 bits per heavy atom. The Balaban J connectivity index is 2.09. The Kier molecular flexibility index (Phi) is 4.44. The lowest BCUT2D eigenvalue weighted by molar-refractivity contribution is -0.115. The molecule has 0 heterocycles. The lowest BCUT2D eigenvalue weighted by Crippen LogP contribution is -2.38. The van der Waals surface area contributed by atoms with Crippen molar-refractivity contribution < 1.29 is 9.90 Å². The molecule has 2 unspecified atom stereocenters. The molecule has 2 aliphatic rings. The van der Waals surface area contributed by atoms with Gasteiger partial charge in [0.1, 0.15) is 11.7 Å². The van der Waals surface area contributed by atoms with E-state index in [2.05, 4.69) is 57.7 Å². The molecule has 1 aromatic rings. The normalized spacial score (nSPS) is 31.5. The first-order valence-electron chi connectivity index (χ1n) is 9.53. The average molecular weight is 351 g/mol. The molecule has 0 amide bonds. The topological polar surface area (TPSA) is 37.3 Å². The highest BCUT2D eigenvalue weighted by Gasteiger charge is 2.43. The largest absolute Gasteiger partial charge is 0.385 e. The van der Waals surface area contributed by atoms with Gasteiger partial charge in [-0.2, -0.15) is 0 Å². The Morgan fingerprint density at radius 2 is 1.73 bits per heavy atom. The van der Waals surface area contributed by atoms with Crippen LogP contribution in [0.5, 0.6) is 0 Å². The molecule has 0 bridgehead atoms. The minimum Gasteiger partial charge on any atom is -0.385 e. The molecule has 1 aromatic carbocycles. The van der Waals surface area contributed by atoms with E-state index >= 15 is 0 Å². The highest BCUT2D eigenvalue weighted by Crippen LogP contribution is 2.48. The molecule has 26 heavy (non-hydrogen) atoms. The number of benzene rings is 1. The SMILES string of the molecule is CC#CC1(C=O)C=CCC(O)(c2ccc3c(c2)C(C)(C)CCC3(C)C)C1. The van der Waals surface area contributed by atoms with Crippen LogP contribution in [0.15, 0.2) is 30.4 Å². The van der Waals surface area contributed by atoms with Crippen molar-refractivity contribution in [1.82, 2.24) is 0 Å². The van der Waals surface area contributed by atoms with Gasteiger partial charge >= 0.3 is 0 Å². The number of aldehydes is 1. The fraction of sp³-hybridized carbons (Fsp3) is 0.542. The Morgan fingerprint density at radius 1 is 1.08 bits per heavy atom. The van der Waals surface area contributed by atoms with Crippen LogP contribution in [-0.4, -0.2) is 11.4 Å². The molecular weight excluding hydrogens is 320 g/mol. The van der Waals surface area contributed by atoms with Gasteiger partial charge in [0.25, 0.3) is 0 Å². The van der Waals surface area contributed by atoms with Crippen LogP contribution < -0.4 is 0 Å². The van der Waals surface area contributed by atoms with E-state index in [-0.39, 0.29) is 10.8 Å². The molecule has 0 fully saturated rings. The van der Waals surface area contributed by atoms with Gasteiger partial charge in [0.2, 0.25) is 0 Å². The van der Waals surface area contributed by atoms with Gasteiger partial charge in [0.05, 0.1) is 5.60 Å². The summed E-state index contributed by atoms with van der Waals surface area (Å²) in [4.78, 5) is 11.7. The molecule has 2 heteroatoms. The molecule has 1 N–H and O–H groups in total. The molecule has 138 valence electrons. The molecule has 0 saturated carbocycles. The highest BCUT2D eigenvalue weighted by atomic mass is 16.3. The summed E-state index contributed by atoms with van der Waals surface area (Å²) in [6, 6.07) is 6.43. The first kappa shape index (κ1) is 18.9. The highest BCUT2D eigenvalue weighted by molar-refractivity contribution is 5.69. The number of carbonyl (C=O) groups is 1. The first-order chi connectivity index (χ1) is 12.1. The maximum absolute atomic E-state index is 11.7. The van der Waals surface area contributed by atoms with Crippen LogP contribution in [0.3, 0.4) is 0 Å². The molecule has 0 aliphatic heterocycles. The van der Waals surface area contributed by atoms with Crippen LogP contribution in [0, 0.1) is 17.3 Å². The maximum atomic E-state index is 11.7. The molecule has 2 aliphatic carbocycles. The monoisotopic (exact) mass is 350 g/mol. The van der Waals surface area contributed by atoms with Gasteiger partial charge in [-0.25, -0.2) is 0 Å². The molecule has 2 nitrogen and oxygen atoms in total. The second-order valence-corrected chi connectivity index (χ2v) is 9.38. The zero-order valence-corrected chi connectivity index (χ0v) is 16.6. The predicted molar refractivity (Wildman–Crippen MR) is 106 cm³/mol. The van der Waals surface area contributed by atoms with E-state index in [1.165, 1.54) is 17.5 Å². The molecular formula is C24H30O2. The number of carbonyl (C=O) groups excluding carboxylic acids is 1. The average Bonchev–Trinajstić information content (AvgIpc) is 2.59. The smallest absolute Gasteiger partial charge is 0.142 e. The quantitative estimate of drug-likeness (QED) is 0.473. The van der Waals surface area contributed by atoms with Gasteiger partial charge in [0, 0.05) is 6.42 Å². The minimum absolute atomic E-state index is 0.0900. The lowest BCUT2D eigenvalue weighted by atomic mass is 9.62. The molecule has 0 aromatic heterocycles. The van der Waals surface area contributed by atoms with Gasteiger partial charge in [-0.3, -0.25) is 0 Å². The van der Waals surface area contributed by atoms with E-state index in [4.69, 9.17) is 0 Å². The third kappa shape index (κ3) is 3.03. The van der Waals surface area contributed by atoms with Gasteiger partial charge < -0.3 is 9.90 Å². The van der Waals surface area contributed by atoms with Gasteiger partial charge in [-0.1, -0.05) is 64.0 Å². The molecule has 0 saturated heterocycles. The zero-order chi connectivity index (χ0) is 19.2. The predicted octanol–water partition coefficient (Wildman–Crippen LogP) is 4.78. The summed E-state index contributed by atoms with van der Waals surface area (Å²) in [6.07, 6.45) is 7.73. The fourth-order valence-electron chi connectivity index (χ4n) is 4.61. The van der Waals surface area contributed by atoms with E-state index in [1.54, 1.807) is 6.92 Å². The summed E-state index contributed by atoms with van der Waals surface area (Å²) in [7, 11) is 0. The van der Waals surface area contributed by atoms with Crippen LogP contribution in [-0.2, 0) is 21.2 Å². The van der Waals surface area contributed by atoms with Crippen molar-refractivity contribution in [3.05, 3.63) is 47.0 Å². The number of fused-ring (bicyclic) bond motifs is 1. The van der Waals surface area contributed by atoms with Crippen molar-refractivity contribution >= 4 is 6.29 Å². The van der Waals surface area contributed by atoms with Gasteiger partial charge in [-0.15, -0.1) is 5.92 Å². The lowest BCUT2D eigenvalue weighted by Gasteiger charge is -2.43. The third-order valence-electron chi connectivity index (χ3n) is 6.41. The summed E-state index contributed by atoms with van der Waals surface area (Å²) in [5, 5.41) is 11.5. The standard InChI is InChI=1S/C24H30O2/c1-6-10-23(17-25)11-7-12-24(26,16-23)18-8-9-19-20(15-18)22(4,5)14-13-21(19,2)3/h7-9,11,15,17,26H,12-14,16H2,1-5H3. The van der Waals surface area contributed by atoms with E-state index in [1.807, 2.05) is 12.2 Å². The Hall–Kier alpha value is -1.85. The van der Waals surface area contributed by atoms with Crippen LogP contribution in [0.25, 0.3) is 0 Å². The van der Waals surface area contributed by atoms with E-state index in [0.29, 0.717) is 12.8 Å². The van der Waals surface area contributed by atoms with Crippen molar-refractivity contribution in [2.45, 2.75) is 76.7 Å². The summed E-state index contributed by atoms with van der Waals surface area (Å²) in [5.74, 6) is 5.85. The van der Waals surface area contributed by atoms with Gasteiger partial charge in [-0.05, 0) is 53.7 Å². The van der Waals surface area contributed by atoms with E-state index in [0.717, 1.165) is 18.3 Å². The van der Waals surface area contributed by atoms with Crippen molar-refractivity contribution in [2.75, 3.05) is 0 Å². The zero-order valence-electron chi connectivity index (χ0n) is 16.6. The Bertz CT molecular complexity index is 818. The fourth-order valence-corrected chi connectivity index (χ4v) is 4.61. The van der Waals surface area contributed by atoms with Crippen molar-refractivity contribution in [3.8, 4) is 11.8 Å². The summed E-state index contributed by atoms with van der Waals surface area (Å²) < 4.78 is 0. The summed E-state index contributed by atoms with van der Waals surface area (Å²) in [6.45, 7) is 10.9. The number of rotatable bonds is 2. The summed E-state index contributed by atoms with van der Waals surface area (Å²) >= 11 is 0. The molecule has 0 spiro atoms. The third-order valence-corrected chi connectivity index (χ3v) is 6.41. The number of allylic oxidation sites excluding steroid dienone is 1. The van der Waals surface area contributed by atoms with Gasteiger partial charge in [0.15, 0.2) is 0 Å². The number of aliphatic hydroxyl groups is 1. The molecule has 3 rings (SSSR count). The molecule has 2 atom stereocenters. The van der Waals surface area contributed by atoms with Crippen molar-refractivity contribution in [2.24, 2.45) is 5.41 Å². The van der Waals surface area contributed by atoms with E-state index < -0.39 is 11.0 Å². The van der Waals surface area contributed by atoms with Crippen LogP contribution in [0.4, 0.5) is 0 Å². The minimum atomic E-state index is -1.06. The van der Waals surface area contributed by atoms with Crippen LogP contribution in [0.2, 0.25) is 0 Å². The second-order valence-electron chi connectivity index (χ2n) is 9.38. The number of hydrogen-bond donors (Lipinski definition) is 1. The summed E-state index contributed by atoms with van der Waals surface area (Å²) in [5.41, 5.74) is 1.88. The number of hydrogen-bond acceptors (Lipinski definition) is 2.